The average molecular weight is 528 g/mol. The highest BCUT2D eigenvalue weighted by Crippen LogP contribution is 2.37. The van der Waals surface area contributed by atoms with Gasteiger partial charge in [0.05, 0.1) is 24.6 Å². The van der Waals surface area contributed by atoms with Crippen molar-refractivity contribution in [1.82, 2.24) is 24.8 Å². The van der Waals surface area contributed by atoms with Crippen LogP contribution in [0.25, 0.3) is 11.2 Å². The van der Waals surface area contributed by atoms with Crippen LogP contribution >= 0.6 is 0 Å². The van der Waals surface area contributed by atoms with Gasteiger partial charge in [0, 0.05) is 24.5 Å². The maximum Gasteiger partial charge on any atom is 0.224 e. The summed E-state index contributed by atoms with van der Waals surface area (Å²) >= 11 is 0. The fourth-order valence-electron chi connectivity index (χ4n) is 5.72. The number of carbonyl (C=O) groups is 1. The van der Waals surface area contributed by atoms with Gasteiger partial charge in [-0.05, 0) is 57.4 Å². The van der Waals surface area contributed by atoms with Gasteiger partial charge >= 0.3 is 0 Å². The van der Waals surface area contributed by atoms with E-state index < -0.39 is 6.10 Å². The number of halogens is 1. The second-order valence-electron chi connectivity index (χ2n) is 10.6. The van der Waals surface area contributed by atoms with E-state index in [1.54, 1.807) is 12.3 Å². The van der Waals surface area contributed by atoms with Crippen molar-refractivity contribution >= 4 is 29.0 Å². The number of rotatable bonds is 9. The van der Waals surface area contributed by atoms with Gasteiger partial charge in [0.15, 0.2) is 5.65 Å². The maximum absolute atomic E-state index is 14.6. The molecule has 1 unspecified atom stereocenters. The molecule has 1 atom stereocenters. The van der Waals surface area contributed by atoms with Crippen molar-refractivity contribution in [3.05, 3.63) is 29.9 Å². The van der Waals surface area contributed by atoms with Gasteiger partial charge in [-0.15, -0.1) is 0 Å². The van der Waals surface area contributed by atoms with Gasteiger partial charge < -0.3 is 26.2 Å². The zero-order valence-corrected chi connectivity index (χ0v) is 21.7. The highest BCUT2D eigenvalue weighted by Gasteiger charge is 2.31. The molecule has 5 rings (SSSR count). The minimum absolute atomic E-state index is 0.0308. The standard InChI is InChI=1S/C27H38FN7O3/c28-21-8-4-5-9-22(21)32-27-33-23-15-30-26(31-18-6-2-1-3-7-18)34-24(23)35(27)19-12-10-17(11-13-19)25(38)29-14-20(37)16-36/h8-9,15,17-20,36-37H,1-7,10-14,16H2,(H,29,38)(H,32,33)(H,30,31,34). The number of hydrogen-bond acceptors (Lipinski definition) is 8. The first-order valence-corrected chi connectivity index (χ1v) is 13.9. The Morgan fingerprint density at radius 3 is 2.58 bits per heavy atom. The summed E-state index contributed by atoms with van der Waals surface area (Å²) in [7, 11) is 0. The second kappa shape index (κ2) is 12.2. The van der Waals surface area contributed by atoms with E-state index in [1.165, 1.54) is 19.3 Å². The lowest BCUT2D eigenvalue weighted by Crippen LogP contribution is -2.39. The smallest absolute Gasteiger partial charge is 0.224 e. The van der Waals surface area contributed by atoms with Crippen molar-refractivity contribution in [2.45, 2.75) is 88.8 Å². The predicted molar refractivity (Wildman–Crippen MR) is 143 cm³/mol. The van der Waals surface area contributed by atoms with E-state index in [9.17, 15) is 14.3 Å². The van der Waals surface area contributed by atoms with E-state index in [0.717, 1.165) is 32.1 Å². The second-order valence-corrected chi connectivity index (χ2v) is 10.6. The average Bonchev–Trinajstić information content (AvgIpc) is 3.30. The van der Waals surface area contributed by atoms with Crippen LogP contribution in [-0.2, 0) is 4.79 Å². The van der Waals surface area contributed by atoms with Gasteiger partial charge in [0.1, 0.15) is 11.3 Å². The van der Waals surface area contributed by atoms with E-state index in [-0.39, 0.29) is 36.8 Å². The third-order valence-electron chi connectivity index (χ3n) is 7.87. The Hall–Kier alpha value is -3.05. The Morgan fingerprint density at radius 2 is 1.84 bits per heavy atom. The SMILES string of the molecule is O=C(NCC(O)CO)C1CCC(n2c(NC3=CCCC=C3F)nc3cnc(NC4CCCCC4)nc32)CC1. The normalized spacial score (nSPS) is 23.4. The van der Waals surface area contributed by atoms with Gasteiger partial charge in [-0.3, -0.25) is 9.36 Å². The summed E-state index contributed by atoms with van der Waals surface area (Å²) in [5, 5.41) is 28.0. The zero-order chi connectivity index (χ0) is 26.5. The van der Waals surface area contributed by atoms with Crippen LogP contribution in [0.2, 0.25) is 0 Å². The van der Waals surface area contributed by atoms with Crippen molar-refractivity contribution in [3.63, 3.8) is 0 Å². The lowest BCUT2D eigenvalue weighted by Gasteiger charge is -2.30. The van der Waals surface area contributed by atoms with Crippen LogP contribution in [0, 0.1) is 5.92 Å². The first-order valence-electron chi connectivity index (χ1n) is 13.9. The first-order chi connectivity index (χ1) is 18.5. The summed E-state index contributed by atoms with van der Waals surface area (Å²) in [6, 6.07) is 0.392. The number of nitrogens with one attached hydrogen (secondary N) is 3. The van der Waals surface area contributed by atoms with Gasteiger partial charge in [0.25, 0.3) is 0 Å². The summed E-state index contributed by atoms with van der Waals surface area (Å²) in [4.78, 5) is 26.7. The van der Waals surface area contributed by atoms with Crippen molar-refractivity contribution in [2.75, 3.05) is 23.8 Å². The molecule has 3 aliphatic carbocycles. The van der Waals surface area contributed by atoms with Crippen LogP contribution < -0.4 is 16.0 Å². The number of carbonyl (C=O) groups excluding carboxylic acids is 1. The quantitative estimate of drug-likeness (QED) is 0.333. The molecule has 0 saturated heterocycles. The molecule has 3 aliphatic rings. The highest BCUT2D eigenvalue weighted by atomic mass is 19.1. The molecule has 0 radical (unpaired) electrons. The summed E-state index contributed by atoms with van der Waals surface area (Å²) < 4.78 is 16.6. The number of imidazole rings is 1. The molecule has 11 heteroatoms. The molecule has 2 aromatic heterocycles. The molecule has 206 valence electrons. The summed E-state index contributed by atoms with van der Waals surface area (Å²) in [5.74, 6) is 0.551. The molecule has 2 fully saturated rings. The Kier molecular flexibility index (Phi) is 8.53. The molecule has 0 aromatic carbocycles. The minimum Gasteiger partial charge on any atom is -0.394 e. The summed E-state index contributed by atoms with van der Waals surface area (Å²) in [6.07, 6.45) is 14.3. The number of amides is 1. The third-order valence-corrected chi connectivity index (χ3v) is 7.87. The third kappa shape index (κ3) is 6.15. The van der Waals surface area contributed by atoms with Gasteiger partial charge in [-0.25, -0.2) is 14.4 Å². The molecule has 0 aliphatic heterocycles. The highest BCUT2D eigenvalue weighted by molar-refractivity contribution is 5.79. The molecule has 38 heavy (non-hydrogen) atoms. The molecule has 0 bridgehead atoms. The molecule has 2 saturated carbocycles. The molecule has 2 aromatic rings. The van der Waals surface area contributed by atoms with E-state index in [0.29, 0.717) is 54.1 Å². The zero-order valence-electron chi connectivity index (χ0n) is 21.7. The van der Waals surface area contributed by atoms with E-state index in [4.69, 9.17) is 15.1 Å². The fraction of sp³-hybridized carbons (Fsp3) is 0.630. The Bertz CT molecular complexity index is 1180. The molecular formula is C27H38FN7O3. The van der Waals surface area contributed by atoms with Crippen LogP contribution in [0.5, 0.6) is 0 Å². The van der Waals surface area contributed by atoms with Crippen molar-refractivity contribution in [2.24, 2.45) is 5.92 Å². The molecule has 1 amide bonds. The van der Waals surface area contributed by atoms with Crippen LogP contribution in [0.3, 0.4) is 0 Å². The summed E-state index contributed by atoms with van der Waals surface area (Å²) in [5.41, 5.74) is 1.75. The van der Waals surface area contributed by atoms with E-state index in [1.807, 2.05) is 6.08 Å². The van der Waals surface area contributed by atoms with E-state index >= 15 is 0 Å². The predicted octanol–water partition coefficient (Wildman–Crippen LogP) is 3.71. The van der Waals surface area contributed by atoms with Gasteiger partial charge in [-0.1, -0.05) is 25.3 Å². The molecule has 5 N–H and O–H groups in total. The summed E-state index contributed by atoms with van der Waals surface area (Å²) in [6.45, 7) is -0.348. The lowest BCUT2D eigenvalue weighted by atomic mass is 9.85. The topological polar surface area (TPSA) is 137 Å². The molecular weight excluding hydrogens is 489 g/mol. The number of aromatic nitrogens is 4. The van der Waals surface area contributed by atoms with Crippen molar-refractivity contribution in [1.29, 1.82) is 0 Å². The number of aliphatic hydroxyl groups is 2. The van der Waals surface area contributed by atoms with Gasteiger partial charge in [0.2, 0.25) is 17.8 Å². The number of aliphatic hydroxyl groups excluding tert-OH is 2. The maximum atomic E-state index is 14.6. The van der Waals surface area contributed by atoms with Gasteiger partial charge in [-0.2, -0.15) is 4.98 Å². The fourth-order valence-corrected chi connectivity index (χ4v) is 5.72. The number of hydrogen-bond donors (Lipinski definition) is 5. The molecule has 0 spiro atoms. The Labute approximate surface area is 221 Å². The number of nitrogens with zero attached hydrogens (tertiary/aromatic N) is 4. The Balaban J connectivity index is 1.38. The first kappa shape index (κ1) is 26.6. The largest absolute Gasteiger partial charge is 0.394 e. The number of allylic oxidation sites excluding steroid dienone is 3. The monoisotopic (exact) mass is 527 g/mol. The van der Waals surface area contributed by atoms with Crippen LogP contribution in [0.1, 0.15) is 76.7 Å². The van der Waals surface area contributed by atoms with Crippen LogP contribution in [-0.4, -0.2) is 60.9 Å². The minimum atomic E-state index is -0.958. The Morgan fingerprint density at radius 1 is 1.08 bits per heavy atom. The molecule has 10 nitrogen and oxygen atoms in total. The molecule has 2 heterocycles. The van der Waals surface area contributed by atoms with E-state index in [2.05, 4.69) is 25.5 Å². The van der Waals surface area contributed by atoms with Crippen LogP contribution in [0.4, 0.5) is 16.3 Å². The lowest BCUT2D eigenvalue weighted by molar-refractivity contribution is -0.126. The van der Waals surface area contributed by atoms with Crippen molar-refractivity contribution in [3.8, 4) is 0 Å². The number of fused-ring (bicyclic) bond motifs is 1. The number of anilines is 2. The van der Waals surface area contributed by atoms with Crippen molar-refractivity contribution < 1.29 is 19.4 Å². The van der Waals surface area contributed by atoms with Crippen LogP contribution in [0.15, 0.2) is 29.9 Å².